The molecule has 2 heterocycles. The Balaban J connectivity index is 1.14. The molecule has 1 aromatic heterocycles. The number of carbonyl (C=O) groups is 1. The summed E-state index contributed by atoms with van der Waals surface area (Å²) in [6.45, 7) is 4.12. The maximum absolute atomic E-state index is 13.8. The number of likely N-dealkylation sites (tertiary alicyclic amines) is 1. The second-order valence-corrected chi connectivity index (χ2v) is 14.2. The number of piperidine rings is 1. The molecule has 0 bridgehead atoms. The molecule has 0 radical (unpaired) electrons. The predicted molar refractivity (Wildman–Crippen MR) is 183 cm³/mol. The molecular formula is C37H37F3N4O5S. The van der Waals surface area contributed by atoms with Crippen LogP contribution in [0.4, 0.5) is 18.0 Å². The third-order valence-corrected chi connectivity index (χ3v) is 10.8. The number of carbonyl (C=O) groups excluding carboxylic acids is 1. The quantitative estimate of drug-likeness (QED) is 0.157. The Bertz CT molecular complexity index is 2050. The van der Waals surface area contributed by atoms with Crippen LogP contribution in [-0.4, -0.2) is 58.6 Å². The number of hydrogen-bond donors (Lipinski definition) is 0. The van der Waals surface area contributed by atoms with Gasteiger partial charge in [-0.2, -0.15) is 17.1 Å². The van der Waals surface area contributed by atoms with Crippen LogP contribution in [0.25, 0.3) is 11.0 Å². The third kappa shape index (κ3) is 7.48. The van der Waals surface area contributed by atoms with Gasteiger partial charge in [0.25, 0.3) is 10.0 Å². The highest BCUT2D eigenvalue weighted by Gasteiger charge is 2.33. The molecule has 1 atom stereocenters. The van der Waals surface area contributed by atoms with Gasteiger partial charge in [0.05, 0.1) is 21.5 Å². The van der Waals surface area contributed by atoms with Crippen molar-refractivity contribution >= 4 is 27.1 Å². The second kappa shape index (κ2) is 14.5. The fraction of sp³-hybridized carbons (Fsp3) is 0.297. The number of imidazole rings is 1. The van der Waals surface area contributed by atoms with Gasteiger partial charge < -0.3 is 9.64 Å². The Hall–Kier alpha value is -4.88. The summed E-state index contributed by atoms with van der Waals surface area (Å²) < 4.78 is 74.5. The molecule has 262 valence electrons. The maximum Gasteiger partial charge on any atom is 0.416 e. The molecule has 0 spiro atoms. The molecule has 4 aromatic carbocycles. The Kier molecular flexibility index (Phi) is 10.2. The normalized spacial score (nSPS) is 15.0. The number of alkyl halides is 3. The molecule has 0 unspecified atom stereocenters. The van der Waals surface area contributed by atoms with Gasteiger partial charge in [0, 0.05) is 38.3 Å². The van der Waals surface area contributed by atoms with Gasteiger partial charge in [-0.1, -0.05) is 72.8 Å². The lowest BCUT2D eigenvalue weighted by Gasteiger charge is -2.33. The van der Waals surface area contributed by atoms with Crippen molar-refractivity contribution in [2.75, 3.05) is 19.7 Å². The molecule has 0 N–H and O–H groups in total. The van der Waals surface area contributed by atoms with Crippen LogP contribution in [0.5, 0.6) is 0 Å². The summed E-state index contributed by atoms with van der Waals surface area (Å²) in [5, 5.41) is 0. The third-order valence-electron chi connectivity index (χ3n) is 9.08. The van der Waals surface area contributed by atoms with Crippen LogP contribution in [0.15, 0.2) is 119 Å². The molecule has 1 aliphatic heterocycles. The van der Waals surface area contributed by atoms with E-state index >= 15 is 0 Å². The number of para-hydroxylation sites is 2. The number of amides is 1. The molecule has 1 aliphatic rings. The van der Waals surface area contributed by atoms with E-state index in [1.165, 1.54) is 10.6 Å². The highest BCUT2D eigenvalue weighted by molar-refractivity contribution is 7.90. The number of benzene rings is 4. The Labute approximate surface area is 288 Å². The average Bonchev–Trinajstić information content (AvgIpc) is 3.43. The number of fused-ring (bicyclic) bond motifs is 1. The van der Waals surface area contributed by atoms with Gasteiger partial charge >= 0.3 is 18.0 Å². The van der Waals surface area contributed by atoms with Crippen molar-refractivity contribution < 1.29 is 31.1 Å². The van der Waals surface area contributed by atoms with Gasteiger partial charge in [-0.3, -0.25) is 9.47 Å². The summed E-state index contributed by atoms with van der Waals surface area (Å²) in [6, 6.07) is 29.1. The summed E-state index contributed by atoms with van der Waals surface area (Å²) in [4.78, 5) is 30.4. The van der Waals surface area contributed by atoms with Gasteiger partial charge in [-0.15, -0.1) is 0 Å². The number of nitrogens with zero attached hydrogens (tertiary/aromatic N) is 4. The first-order chi connectivity index (χ1) is 23.9. The first-order valence-electron chi connectivity index (χ1n) is 16.3. The summed E-state index contributed by atoms with van der Waals surface area (Å²) >= 11 is 0. The number of aromatic nitrogens is 2. The van der Waals surface area contributed by atoms with Crippen LogP contribution in [0, 0.1) is 0 Å². The van der Waals surface area contributed by atoms with Crippen LogP contribution >= 0.6 is 0 Å². The van der Waals surface area contributed by atoms with E-state index in [1.807, 2.05) is 43.3 Å². The summed E-state index contributed by atoms with van der Waals surface area (Å²) in [5.74, 6) is 0. The zero-order chi connectivity index (χ0) is 35.5. The van der Waals surface area contributed by atoms with E-state index in [1.54, 1.807) is 23.1 Å². The van der Waals surface area contributed by atoms with E-state index in [0.717, 1.165) is 23.3 Å². The van der Waals surface area contributed by atoms with Gasteiger partial charge in [0.15, 0.2) is 0 Å². The van der Waals surface area contributed by atoms with Crippen molar-refractivity contribution in [2.24, 2.45) is 0 Å². The fourth-order valence-corrected chi connectivity index (χ4v) is 7.75. The summed E-state index contributed by atoms with van der Waals surface area (Å²) in [5.41, 5.74) is 0.962. The van der Waals surface area contributed by atoms with E-state index in [-0.39, 0.29) is 31.3 Å². The number of ether oxygens (including phenoxy) is 1. The van der Waals surface area contributed by atoms with Crippen LogP contribution in [-0.2, 0) is 34.0 Å². The Morgan fingerprint density at radius 2 is 1.34 bits per heavy atom. The molecule has 1 amide bonds. The van der Waals surface area contributed by atoms with Crippen molar-refractivity contribution in [2.45, 2.75) is 56.0 Å². The van der Waals surface area contributed by atoms with E-state index < -0.39 is 44.5 Å². The lowest BCUT2D eigenvalue weighted by atomic mass is 10.0. The molecular weight excluding hydrogens is 669 g/mol. The molecule has 13 heteroatoms. The molecule has 0 saturated carbocycles. The van der Waals surface area contributed by atoms with Crippen molar-refractivity contribution in [3.8, 4) is 0 Å². The van der Waals surface area contributed by atoms with Crippen molar-refractivity contribution in [3.63, 3.8) is 0 Å². The standard InChI is InChI=1S/C37H37F3N4O5S/c1-27(42(24-28-10-4-2-5-11-28)25-29-12-6-3-7-13-29)26-49-36(46)41-22-20-31(21-23-41)43-33-14-8-9-15-34(33)44(35(43)45)50(47,48)32-18-16-30(17-19-32)37(38,39)40/h2-19,27,31H,20-26H2,1H3/t27-/m0/s1. The average molecular weight is 707 g/mol. The zero-order valence-electron chi connectivity index (χ0n) is 27.4. The van der Waals surface area contributed by atoms with Gasteiger partial charge in [0.2, 0.25) is 0 Å². The first-order valence-corrected chi connectivity index (χ1v) is 17.8. The summed E-state index contributed by atoms with van der Waals surface area (Å²) in [6.07, 6.45) is -4.37. The Morgan fingerprint density at radius 1 is 0.820 bits per heavy atom. The fourth-order valence-electron chi connectivity index (χ4n) is 6.35. The van der Waals surface area contributed by atoms with Crippen LogP contribution in [0.1, 0.15) is 42.5 Å². The molecule has 0 aliphatic carbocycles. The van der Waals surface area contributed by atoms with E-state index in [4.69, 9.17) is 4.74 Å². The second-order valence-electron chi connectivity index (χ2n) is 12.5. The largest absolute Gasteiger partial charge is 0.448 e. The zero-order valence-corrected chi connectivity index (χ0v) is 28.2. The molecule has 5 aromatic rings. The van der Waals surface area contributed by atoms with Crippen LogP contribution in [0.3, 0.4) is 0 Å². The van der Waals surface area contributed by atoms with E-state index in [0.29, 0.717) is 47.6 Å². The minimum Gasteiger partial charge on any atom is -0.448 e. The number of hydrogen-bond acceptors (Lipinski definition) is 6. The smallest absolute Gasteiger partial charge is 0.416 e. The summed E-state index contributed by atoms with van der Waals surface area (Å²) in [7, 11) is -4.54. The van der Waals surface area contributed by atoms with Gasteiger partial charge in [0.1, 0.15) is 6.61 Å². The lowest BCUT2D eigenvalue weighted by Crippen LogP contribution is -2.43. The minimum absolute atomic E-state index is 0.0896. The molecule has 50 heavy (non-hydrogen) atoms. The topological polar surface area (TPSA) is 93.8 Å². The van der Waals surface area contributed by atoms with Crippen LogP contribution in [0.2, 0.25) is 0 Å². The van der Waals surface area contributed by atoms with E-state index in [9.17, 15) is 31.2 Å². The SMILES string of the molecule is C[C@@H](COC(=O)N1CCC(n2c(=O)n(S(=O)(=O)c3ccc(C(F)(F)F)cc3)c3ccccc32)CC1)N(Cc1ccccc1)Cc1ccccc1. The highest BCUT2D eigenvalue weighted by Crippen LogP contribution is 2.31. The molecule has 9 nitrogen and oxygen atoms in total. The van der Waals surface area contributed by atoms with Crippen molar-refractivity contribution in [3.05, 3.63) is 136 Å². The predicted octanol–water partition coefficient (Wildman–Crippen LogP) is 6.92. The van der Waals surface area contributed by atoms with Gasteiger partial charge in [-0.05, 0) is 67.3 Å². The molecule has 1 saturated heterocycles. The van der Waals surface area contributed by atoms with Crippen LogP contribution < -0.4 is 5.69 Å². The monoisotopic (exact) mass is 706 g/mol. The lowest BCUT2D eigenvalue weighted by molar-refractivity contribution is -0.137. The maximum atomic E-state index is 13.8. The molecule has 1 fully saturated rings. The number of rotatable bonds is 10. The highest BCUT2D eigenvalue weighted by atomic mass is 32.2. The first kappa shape index (κ1) is 35.0. The van der Waals surface area contributed by atoms with Crippen molar-refractivity contribution in [1.82, 2.24) is 18.3 Å². The minimum atomic E-state index is -4.64. The Morgan fingerprint density at radius 3 is 1.88 bits per heavy atom. The van der Waals surface area contributed by atoms with E-state index in [2.05, 4.69) is 29.2 Å². The number of halogens is 3. The van der Waals surface area contributed by atoms with Crippen molar-refractivity contribution in [1.29, 1.82) is 0 Å². The van der Waals surface area contributed by atoms with Gasteiger partial charge in [-0.25, -0.2) is 18.0 Å². The molecule has 6 rings (SSSR count).